The first-order valence-corrected chi connectivity index (χ1v) is 8.45. The number of phenols is 2. The summed E-state index contributed by atoms with van der Waals surface area (Å²) in [5, 5.41) is 19.3. The molecule has 0 radical (unpaired) electrons. The average Bonchev–Trinajstić information content (AvgIpc) is 2.70. The van der Waals surface area contributed by atoms with Gasteiger partial charge < -0.3 is 24.4 Å². The molecule has 3 aromatic carbocycles. The van der Waals surface area contributed by atoms with Crippen molar-refractivity contribution in [2.45, 2.75) is 5.92 Å². The molecule has 5 nitrogen and oxygen atoms in total. The molecule has 0 saturated heterocycles. The van der Waals surface area contributed by atoms with E-state index in [0.717, 1.165) is 16.7 Å². The Morgan fingerprint density at radius 3 is 1.33 bits per heavy atom. The van der Waals surface area contributed by atoms with Crippen molar-refractivity contribution in [2.75, 3.05) is 21.3 Å². The van der Waals surface area contributed by atoms with Gasteiger partial charge in [-0.25, -0.2) is 0 Å². The van der Waals surface area contributed by atoms with E-state index in [4.69, 9.17) is 14.2 Å². The topological polar surface area (TPSA) is 68.2 Å². The molecule has 3 rings (SSSR count). The van der Waals surface area contributed by atoms with E-state index < -0.39 is 0 Å². The molecule has 0 amide bonds. The lowest BCUT2D eigenvalue weighted by molar-refractivity contribution is 0.323. The lowest BCUT2D eigenvalue weighted by Gasteiger charge is -2.22. The summed E-state index contributed by atoms with van der Waals surface area (Å²) in [6, 6.07) is 17.9. The molecule has 0 aliphatic carbocycles. The molecule has 0 fully saturated rings. The van der Waals surface area contributed by atoms with Crippen LogP contribution < -0.4 is 14.2 Å². The standard InChI is InChI=1S/C22H22O5/c1-25-19-12-16(13-20(26-2)22(19)27-3)21(14-4-8-17(23)9-5-14)15-6-10-18(24)11-7-15/h4-13,21,23-24H,1-3H3. The Kier molecular flexibility index (Phi) is 5.41. The Bertz CT molecular complexity index is 830. The minimum absolute atomic E-state index is 0.153. The molecular weight excluding hydrogens is 344 g/mol. The fourth-order valence-electron chi connectivity index (χ4n) is 3.18. The van der Waals surface area contributed by atoms with Crippen LogP contribution in [0.4, 0.5) is 0 Å². The number of methoxy groups -OCH3 is 3. The number of hydrogen-bond acceptors (Lipinski definition) is 5. The molecular formula is C22H22O5. The van der Waals surface area contributed by atoms with Crippen molar-refractivity contribution >= 4 is 0 Å². The molecule has 5 heteroatoms. The van der Waals surface area contributed by atoms with Gasteiger partial charge in [-0.1, -0.05) is 24.3 Å². The van der Waals surface area contributed by atoms with Crippen molar-refractivity contribution in [2.24, 2.45) is 0 Å². The molecule has 0 heterocycles. The highest BCUT2D eigenvalue weighted by molar-refractivity contribution is 5.57. The fourth-order valence-corrected chi connectivity index (χ4v) is 3.18. The van der Waals surface area contributed by atoms with Gasteiger partial charge in [0.15, 0.2) is 11.5 Å². The third kappa shape index (κ3) is 3.77. The molecule has 0 aliphatic rings. The summed E-state index contributed by atoms with van der Waals surface area (Å²) < 4.78 is 16.4. The number of hydrogen-bond donors (Lipinski definition) is 2. The van der Waals surface area contributed by atoms with Crippen LogP contribution in [-0.4, -0.2) is 31.5 Å². The normalized spacial score (nSPS) is 10.7. The van der Waals surface area contributed by atoms with Crippen LogP contribution in [0.15, 0.2) is 60.7 Å². The van der Waals surface area contributed by atoms with Crippen molar-refractivity contribution < 1.29 is 24.4 Å². The third-order valence-corrected chi connectivity index (χ3v) is 4.47. The van der Waals surface area contributed by atoms with Crippen LogP contribution in [0.5, 0.6) is 28.7 Å². The Labute approximate surface area is 158 Å². The van der Waals surface area contributed by atoms with Gasteiger partial charge in [-0.3, -0.25) is 0 Å². The molecule has 140 valence electrons. The highest BCUT2D eigenvalue weighted by Gasteiger charge is 2.22. The summed E-state index contributed by atoms with van der Waals surface area (Å²) in [6.45, 7) is 0. The van der Waals surface area contributed by atoms with Gasteiger partial charge in [0.1, 0.15) is 11.5 Å². The minimum atomic E-state index is -0.153. The molecule has 0 bridgehead atoms. The number of benzene rings is 3. The van der Waals surface area contributed by atoms with Crippen LogP contribution >= 0.6 is 0 Å². The van der Waals surface area contributed by atoms with Crippen molar-refractivity contribution in [1.82, 2.24) is 0 Å². The molecule has 2 N–H and O–H groups in total. The minimum Gasteiger partial charge on any atom is -0.508 e. The Morgan fingerprint density at radius 1 is 0.593 bits per heavy atom. The molecule has 0 unspecified atom stereocenters. The Balaban J connectivity index is 2.21. The molecule has 0 saturated carbocycles. The van der Waals surface area contributed by atoms with Gasteiger partial charge in [0.25, 0.3) is 0 Å². The number of rotatable bonds is 6. The maximum Gasteiger partial charge on any atom is 0.203 e. The van der Waals surface area contributed by atoms with Crippen LogP contribution in [0.3, 0.4) is 0 Å². The summed E-state index contributed by atoms with van der Waals surface area (Å²) in [5.74, 6) is 1.91. The summed E-state index contributed by atoms with van der Waals surface area (Å²) in [4.78, 5) is 0. The van der Waals surface area contributed by atoms with Crippen molar-refractivity contribution in [3.05, 3.63) is 77.4 Å². The lowest BCUT2D eigenvalue weighted by Crippen LogP contribution is -2.05. The maximum absolute atomic E-state index is 9.66. The van der Waals surface area contributed by atoms with Gasteiger partial charge in [0.05, 0.1) is 21.3 Å². The van der Waals surface area contributed by atoms with Crippen LogP contribution in [0.2, 0.25) is 0 Å². The van der Waals surface area contributed by atoms with Gasteiger partial charge in [-0.2, -0.15) is 0 Å². The second kappa shape index (κ2) is 7.91. The zero-order valence-electron chi connectivity index (χ0n) is 15.5. The summed E-state index contributed by atoms with van der Waals surface area (Å²) in [6.07, 6.45) is 0. The van der Waals surface area contributed by atoms with Gasteiger partial charge >= 0.3 is 0 Å². The van der Waals surface area contributed by atoms with Crippen LogP contribution in [0.25, 0.3) is 0 Å². The number of aromatic hydroxyl groups is 2. The number of ether oxygens (including phenoxy) is 3. The van der Waals surface area contributed by atoms with Crippen molar-refractivity contribution in [3.63, 3.8) is 0 Å². The quantitative estimate of drug-likeness (QED) is 0.637. The van der Waals surface area contributed by atoms with Crippen molar-refractivity contribution in [1.29, 1.82) is 0 Å². The van der Waals surface area contributed by atoms with E-state index in [1.165, 1.54) is 0 Å². The van der Waals surface area contributed by atoms with Gasteiger partial charge in [0, 0.05) is 5.92 Å². The first-order chi connectivity index (χ1) is 13.1. The van der Waals surface area contributed by atoms with E-state index in [-0.39, 0.29) is 17.4 Å². The zero-order chi connectivity index (χ0) is 19.4. The van der Waals surface area contributed by atoms with E-state index in [9.17, 15) is 10.2 Å². The SMILES string of the molecule is COc1cc(C(c2ccc(O)cc2)c2ccc(O)cc2)cc(OC)c1OC. The van der Waals surface area contributed by atoms with Gasteiger partial charge in [-0.05, 0) is 53.1 Å². The predicted octanol–water partition coefficient (Wildman–Crippen LogP) is 4.30. The van der Waals surface area contributed by atoms with Gasteiger partial charge in [-0.15, -0.1) is 0 Å². The average molecular weight is 366 g/mol. The molecule has 0 aliphatic heterocycles. The van der Waals surface area contributed by atoms with E-state index in [0.29, 0.717) is 17.2 Å². The van der Waals surface area contributed by atoms with E-state index in [2.05, 4.69) is 0 Å². The van der Waals surface area contributed by atoms with E-state index in [1.807, 2.05) is 36.4 Å². The first kappa shape index (κ1) is 18.5. The lowest BCUT2D eigenvalue weighted by atomic mass is 9.85. The monoisotopic (exact) mass is 366 g/mol. The largest absolute Gasteiger partial charge is 0.508 e. The Hall–Kier alpha value is -3.34. The number of phenolic OH excluding ortho intramolecular Hbond substituents is 2. The molecule has 3 aromatic rings. The summed E-state index contributed by atoms with van der Waals surface area (Å²) in [5.41, 5.74) is 2.89. The zero-order valence-corrected chi connectivity index (χ0v) is 15.5. The molecule has 27 heavy (non-hydrogen) atoms. The second-order valence-corrected chi connectivity index (χ2v) is 6.07. The Morgan fingerprint density at radius 2 is 1.00 bits per heavy atom. The highest BCUT2D eigenvalue weighted by Crippen LogP contribution is 2.43. The maximum atomic E-state index is 9.66. The molecule has 0 atom stereocenters. The summed E-state index contributed by atoms with van der Waals surface area (Å²) >= 11 is 0. The van der Waals surface area contributed by atoms with E-state index in [1.54, 1.807) is 45.6 Å². The molecule has 0 spiro atoms. The molecule has 0 aromatic heterocycles. The fraction of sp³-hybridized carbons (Fsp3) is 0.182. The summed E-state index contributed by atoms with van der Waals surface area (Å²) in [7, 11) is 4.73. The predicted molar refractivity (Wildman–Crippen MR) is 103 cm³/mol. The second-order valence-electron chi connectivity index (χ2n) is 6.07. The van der Waals surface area contributed by atoms with E-state index >= 15 is 0 Å². The van der Waals surface area contributed by atoms with Gasteiger partial charge in [0.2, 0.25) is 5.75 Å². The first-order valence-electron chi connectivity index (χ1n) is 8.45. The van der Waals surface area contributed by atoms with Crippen LogP contribution in [-0.2, 0) is 0 Å². The third-order valence-electron chi connectivity index (χ3n) is 4.47. The smallest absolute Gasteiger partial charge is 0.203 e. The van der Waals surface area contributed by atoms with Crippen LogP contribution in [0.1, 0.15) is 22.6 Å². The highest BCUT2D eigenvalue weighted by atomic mass is 16.5. The van der Waals surface area contributed by atoms with Crippen molar-refractivity contribution in [3.8, 4) is 28.7 Å². The van der Waals surface area contributed by atoms with Crippen LogP contribution in [0, 0.1) is 0 Å².